The molecule has 2 aromatic carbocycles. The lowest BCUT2D eigenvalue weighted by molar-refractivity contribution is 0.628. The predicted octanol–water partition coefficient (Wildman–Crippen LogP) is 4.26. The second kappa shape index (κ2) is 6.33. The van der Waals surface area contributed by atoms with Gasteiger partial charge < -0.3 is 0 Å². The molecule has 0 aliphatic rings. The van der Waals surface area contributed by atoms with Crippen LogP contribution < -0.4 is 0 Å². The third-order valence-corrected chi connectivity index (χ3v) is 4.52. The Bertz CT molecular complexity index is 945. The van der Waals surface area contributed by atoms with Crippen LogP contribution in [0.1, 0.15) is 5.69 Å². The van der Waals surface area contributed by atoms with Crippen molar-refractivity contribution in [3.8, 4) is 21.8 Å². The number of thiazole rings is 1. The molecule has 0 bridgehead atoms. The Morgan fingerprint density at radius 3 is 2.54 bits per heavy atom. The van der Waals surface area contributed by atoms with E-state index in [4.69, 9.17) is 0 Å². The molecule has 0 unspecified atom stereocenters. The van der Waals surface area contributed by atoms with Crippen molar-refractivity contribution in [2.45, 2.75) is 6.54 Å². The third kappa shape index (κ3) is 3.09. The summed E-state index contributed by atoms with van der Waals surface area (Å²) < 4.78 is 14.7. The van der Waals surface area contributed by atoms with Gasteiger partial charge in [-0.3, -0.25) is 0 Å². The molecule has 0 spiro atoms. The summed E-state index contributed by atoms with van der Waals surface area (Å²) in [5.74, 6) is -0.262. The Kier molecular flexibility index (Phi) is 3.88. The van der Waals surface area contributed by atoms with Gasteiger partial charge in [0, 0.05) is 16.5 Å². The minimum Gasteiger partial charge on any atom is -0.246 e. The molecular weight excluding hydrogens is 323 g/mol. The lowest BCUT2D eigenvalue weighted by atomic mass is 10.2. The fraction of sp³-hybridized carbons (Fsp3) is 0.0556. The Labute approximate surface area is 142 Å². The van der Waals surface area contributed by atoms with Gasteiger partial charge in [0.05, 0.1) is 18.4 Å². The average Bonchev–Trinajstić information content (AvgIpc) is 3.27. The molecule has 4 aromatic rings. The molecule has 24 heavy (non-hydrogen) atoms. The molecule has 0 saturated heterocycles. The van der Waals surface area contributed by atoms with Gasteiger partial charge in [-0.2, -0.15) is 0 Å². The van der Waals surface area contributed by atoms with Crippen LogP contribution in [-0.4, -0.2) is 20.0 Å². The lowest BCUT2D eigenvalue weighted by Crippen LogP contribution is -2.00. The van der Waals surface area contributed by atoms with E-state index in [9.17, 15) is 4.39 Å². The Hall–Kier alpha value is -2.86. The SMILES string of the molecule is Fc1ccc(-c2cn(Cc3csc(-c4ccccc4)n3)nn2)cc1. The topological polar surface area (TPSA) is 43.6 Å². The molecule has 118 valence electrons. The molecular formula is C18H13FN4S. The minimum atomic E-state index is -0.262. The molecule has 4 rings (SSSR count). The average molecular weight is 336 g/mol. The summed E-state index contributed by atoms with van der Waals surface area (Å²) in [6.07, 6.45) is 1.84. The third-order valence-electron chi connectivity index (χ3n) is 3.58. The van der Waals surface area contributed by atoms with E-state index in [0.29, 0.717) is 12.2 Å². The van der Waals surface area contributed by atoms with Gasteiger partial charge in [-0.15, -0.1) is 16.4 Å². The second-order valence-corrected chi connectivity index (χ2v) is 6.18. The van der Waals surface area contributed by atoms with Gasteiger partial charge in [0.1, 0.15) is 16.5 Å². The van der Waals surface area contributed by atoms with Crippen LogP contribution in [0.25, 0.3) is 21.8 Å². The lowest BCUT2D eigenvalue weighted by Gasteiger charge is -1.97. The number of nitrogens with zero attached hydrogens (tertiary/aromatic N) is 4. The van der Waals surface area contributed by atoms with Crippen molar-refractivity contribution in [1.29, 1.82) is 0 Å². The molecule has 0 radical (unpaired) electrons. The van der Waals surface area contributed by atoms with Gasteiger partial charge in [0.2, 0.25) is 0 Å². The van der Waals surface area contributed by atoms with E-state index in [2.05, 4.69) is 15.3 Å². The Balaban J connectivity index is 1.52. The van der Waals surface area contributed by atoms with Gasteiger partial charge in [-0.05, 0) is 24.3 Å². The molecule has 2 aromatic heterocycles. The van der Waals surface area contributed by atoms with Crippen LogP contribution in [0.2, 0.25) is 0 Å². The Morgan fingerprint density at radius 1 is 0.958 bits per heavy atom. The zero-order chi connectivity index (χ0) is 16.4. The number of hydrogen-bond acceptors (Lipinski definition) is 4. The van der Waals surface area contributed by atoms with Gasteiger partial charge in [-0.25, -0.2) is 14.1 Å². The van der Waals surface area contributed by atoms with Crippen LogP contribution >= 0.6 is 11.3 Å². The van der Waals surface area contributed by atoms with Crippen LogP contribution in [0, 0.1) is 5.82 Å². The maximum absolute atomic E-state index is 13.0. The summed E-state index contributed by atoms with van der Waals surface area (Å²) in [7, 11) is 0. The van der Waals surface area contributed by atoms with E-state index < -0.39 is 0 Å². The molecule has 6 heteroatoms. The monoisotopic (exact) mass is 336 g/mol. The summed E-state index contributed by atoms with van der Waals surface area (Å²) >= 11 is 1.61. The highest BCUT2D eigenvalue weighted by Crippen LogP contribution is 2.24. The highest BCUT2D eigenvalue weighted by atomic mass is 32.1. The zero-order valence-electron chi connectivity index (χ0n) is 12.6. The predicted molar refractivity (Wildman–Crippen MR) is 92.1 cm³/mol. The highest BCUT2D eigenvalue weighted by molar-refractivity contribution is 7.13. The summed E-state index contributed by atoms with van der Waals surface area (Å²) in [5.41, 5.74) is 3.60. The first-order valence-corrected chi connectivity index (χ1v) is 8.32. The van der Waals surface area contributed by atoms with Crippen molar-refractivity contribution in [3.63, 3.8) is 0 Å². The van der Waals surface area contributed by atoms with Crippen molar-refractivity contribution in [2.24, 2.45) is 0 Å². The largest absolute Gasteiger partial charge is 0.246 e. The number of aromatic nitrogens is 4. The van der Waals surface area contributed by atoms with Crippen LogP contribution in [0.4, 0.5) is 4.39 Å². The molecule has 0 atom stereocenters. The summed E-state index contributed by atoms with van der Waals surface area (Å²) in [6, 6.07) is 16.3. The zero-order valence-corrected chi connectivity index (χ0v) is 13.4. The van der Waals surface area contributed by atoms with E-state index in [1.807, 2.05) is 41.9 Å². The smallest absolute Gasteiger partial charge is 0.123 e. The number of rotatable bonds is 4. The van der Waals surface area contributed by atoms with Crippen LogP contribution in [0.5, 0.6) is 0 Å². The van der Waals surface area contributed by atoms with Crippen LogP contribution in [-0.2, 0) is 6.54 Å². The fourth-order valence-electron chi connectivity index (χ4n) is 2.39. The molecule has 0 N–H and O–H groups in total. The first-order valence-electron chi connectivity index (χ1n) is 7.44. The van der Waals surface area contributed by atoms with Crippen molar-refractivity contribution < 1.29 is 4.39 Å². The maximum atomic E-state index is 13.0. The van der Waals surface area contributed by atoms with E-state index in [0.717, 1.165) is 21.8 Å². The molecule has 0 aliphatic carbocycles. The first-order chi connectivity index (χ1) is 11.8. The second-order valence-electron chi connectivity index (χ2n) is 5.32. The highest BCUT2D eigenvalue weighted by Gasteiger charge is 2.08. The number of benzene rings is 2. The van der Waals surface area contributed by atoms with Crippen molar-refractivity contribution in [2.75, 3.05) is 0 Å². The number of hydrogen-bond donors (Lipinski definition) is 0. The summed E-state index contributed by atoms with van der Waals surface area (Å²) in [6.45, 7) is 0.553. The van der Waals surface area contributed by atoms with E-state index >= 15 is 0 Å². The normalized spacial score (nSPS) is 10.9. The van der Waals surface area contributed by atoms with Gasteiger partial charge >= 0.3 is 0 Å². The van der Waals surface area contributed by atoms with E-state index in [-0.39, 0.29) is 5.82 Å². The fourth-order valence-corrected chi connectivity index (χ4v) is 3.20. The van der Waals surface area contributed by atoms with Crippen molar-refractivity contribution in [1.82, 2.24) is 20.0 Å². The molecule has 0 amide bonds. The first kappa shape index (κ1) is 14.7. The van der Waals surface area contributed by atoms with Crippen LogP contribution in [0.15, 0.2) is 66.2 Å². The molecule has 0 fully saturated rings. The molecule has 0 aliphatic heterocycles. The number of halogens is 1. The summed E-state index contributed by atoms with van der Waals surface area (Å²) in [4.78, 5) is 4.65. The molecule has 2 heterocycles. The van der Waals surface area contributed by atoms with E-state index in [1.54, 1.807) is 28.2 Å². The van der Waals surface area contributed by atoms with Gasteiger partial charge in [-0.1, -0.05) is 35.5 Å². The molecule has 4 nitrogen and oxygen atoms in total. The maximum Gasteiger partial charge on any atom is 0.123 e. The van der Waals surface area contributed by atoms with Crippen molar-refractivity contribution >= 4 is 11.3 Å². The quantitative estimate of drug-likeness (QED) is 0.559. The van der Waals surface area contributed by atoms with Crippen molar-refractivity contribution in [3.05, 3.63) is 77.7 Å². The van der Waals surface area contributed by atoms with Gasteiger partial charge in [0.25, 0.3) is 0 Å². The van der Waals surface area contributed by atoms with Gasteiger partial charge in [0.15, 0.2) is 0 Å². The molecule has 0 saturated carbocycles. The van der Waals surface area contributed by atoms with E-state index in [1.165, 1.54) is 12.1 Å². The summed E-state index contributed by atoms with van der Waals surface area (Å²) in [5, 5.41) is 11.3. The Morgan fingerprint density at radius 2 is 1.75 bits per heavy atom. The minimum absolute atomic E-state index is 0.262. The van der Waals surface area contributed by atoms with Crippen LogP contribution in [0.3, 0.4) is 0 Å². The standard InChI is InChI=1S/C18H13FN4S/c19-15-8-6-13(7-9-15)17-11-23(22-21-17)10-16-12-24-18(20-16)14-4-2-1-3-5-14/h1-9,11-12H,10H2.